The van der Waals surface area contributed by atoms with E-state index in [1.807, 2.05) is 42.6 Å². The lowest BCUT2D eigenvalue weighted by atomic mass is 10.1. The Bertz CT molecular complexity index is 775. The number of fused-ring (bicyclic) bond motifs is 1. The molecule has 3 nitrogen and oxygen atoms in total. The van der Waals surface area contributed by atoms with Crippen LogP contribution in [0.25, 0.3) is 10.9 Å². The highest BCUT2D eigenvalue weighted by Gasteiger charge is 2.13. The van der Waals surface area contributed by atoms with Crippen molar-refractivity contribution in [1.29, 1.82) is 0 Å². The Morgan fingerprint density at radius 1 is 1.00 bits per heavy atom. The maximum atomic E-state index is 12.5. The second kappa shape index (κ2) is 5.42. The van der Waals surface area contributed by atoms with Gasteiger partial charge in [0.1, 0.15) is 0 Å². The predicted octanol–water partition coefficient (Wildman–Crippen LogP) is 4.95. The van der Waals surface area contributed by atoms with Gasteiger partial charge in [-0.15, -0.1) is 0 Å². The van der Waals surface area contributed by atoms with Crippen molar-refractivity contribution < 1.29 is 4.79 Å². The van der Waals surface area contributed by atoms with Gasteiger partial charge >= 0.3 is 0 Å². The molecule has 0 aliphatic carbocycles. The molecule has 2 aromatic carbocycles. The van der Waals surface area contributed by atoms with Crippen LogP contribution in [0.5, 0.6) is 0 Å². The standard InChI is InChI=1S/C15H10Br2N2O/c16-11-5-2-6-12(17)14(11)19-15(20)10-4-1-3-9-7-8-18-13(9)10/h1-8,18H,(H,19,20). The first-order valence-electron chi connectivity index (χ1n) is 5.98. The van der Waals surface area contributed by atoms with Crippen molar-refractivity contribution in [2.45, 2.75) is 0 Å². The average Bonchev–Trinajstić information content (AvgIpc) is 2.91. The summed E-state index contributed by atoms with van der Waals surface area (Å²) in [6.07, 6.45) is 1.83. The third-order valence-electron chi connectivity index (χ3n) is 3.03. The Kier molecular flexibility index (Phi) is 3.63. The minimum atomic E-state index is -0.148. The number of hydrogen-bond acceptors (Lipinski definition) is 1. The van der Waals surface area contributed by atoms with Gasteiger partial charge in [-0.1, -0.05) is 18.2 Å². The second-order valence-electron chi connectivity index (χ2n) is 4.30. The molecule has 0 saturated carbocycles. The number of nitrogens with one attached hydrogen (secondary N) is 2. The van der Waals surface area contributed by atoms with Crippen molar-refractivity contribution >= 4 is 54.4 Å². The van der Waals surface area contributed by atoms with E-state index in [0.717, 1.165) is 25.5 Å². The van der Waals surface area contributed by atoms with Crippen molar-refractivity contribution in [2.24, 2.45) is 0 Å². The van der Waals surface area contributed by atoms with E-state index in [4.69, 9.17) is 0 Å². The molecule has 0 radical (unpaired) electrons. The molecule has 0 aliphatic rings. The fourth-order valence-electron chi connectivity index (χ4n) is 2.07. The van der Waals surface area contributed by atoms with Crippen LogP contribution in [-0.2, 0) is 0 Å². The average molecular weight is 394 g/mol. The molecule has 1 aromatic heterocycles. The van der Waals surface area contributed by atoms with E-state index >= 15 is 0 Å². The van der Waals surface area contributed by atoms with Crippen LogP contribution in [0.4, 0.5) is 5.69 Å². The number of para-hydroxylation sites is 2. The molecule has 0 bridgehead atoms. The summed E-state index contributed by atoms with van der Waals surface area (Å²) in [5.41, 5.74) is 2.18. The van der Waals surface area contributed by atoms with Crippen LogP contribution in [0.15, 0.2) is 57.6 Å². The molecule has 1 heterocycles. The van der Waals surface area contributed by atoms with Crippen LogP contribution in [0.3, 0.4) is 0 Å². The molecule has 20 heavy (non-hydrogen) atoms. The van der Waals surface area contributed by atoms with Gasteiger partial charge in [-0.3, -0.25) is 4.79 Å². The molecule has 5 heteroatoms. The summed E-state index contributed by atoms with van der Waals surface area (Å²) in [6, 6.07) is 13.3. The number of carbonyl (C=O) groups is 1. The number of anilines is 1. The number of amides is 1. The molecule has 0 fully saturated rings. The van der Waals surface area contributed by atoms with Crippen molar-refractivity contribution in [3.05, 3.63) is 63.2 Å². The van der Waals surface area contributed by atoms with Crippen LogP contribution >= 0.6 is 31.9 Å². The maximum Gasteiger partial charge on any atom is 0.257 e. The molecule has 0 atom stereocenters. The Morgan fingerprint density at radius 2 is 1.70 bits per heavy atom. The van der Waals surface area contributed by atoms with E-state index in [1.54, 1.807) is 6.07 Å². The van der Waals surface area contributed by atoms with Gasteiger partial charge in [0.25, 0.3) is 5.91 Å². The molecule has 0 aliphatic heterocycles. The lowest BCUT2D eigenvalue weighted by molar-refractivity contribution is 0.102. The van der Waals surface area contributed by atoms with Crippen LogP contribution in [0, 0.1) is 0 Å². The van der Waals surface area contributed by atoms with Gasteiger partial charge < -0.3 is 10.3 Å². The van der Waals surface area contributed by atoms with Crippen molar-refractivity contribution in [3.63, 3.8) is 0 Å². The summed E-state index contributed by atoms with van der Waals surface area (Å²) >= 11 is 6.88. The Labute approximate surface area is 132 Å². The van der Waals surface area contributed by atoms with Crippen LogP contribution in [0.2, 0.25) is 0 Å². The van der Waals surface area contributed by atoms with Crippen molar-refractivity contribution in [2.75, 3.05) is 5.32 Å². The molecule has 1 amide bonds. The summed E-state index contributed by atoms with van der Waals surface area (Å²) in [7, 11) is 0. The Hall–Kier alpha value is -1.59. The molecule has 0 unspecified atom stereocenters. The lowest BCUT2D eigenvalue weighted by Crippen LogP contribution is -2.13. The van der Waals surface area contributed by atoms with E-state index in [-0.39, 0.29) is 5.91 Å². The fraction of sp³-hybridized carbons (Fsp3) is 0. The van der Waals surface area contributed by atoms with Crippen molar-refractivity contribution in [1.82, 2.24) is 4.98 Å². The van der Waals surface area contributed by atoms with Crippen LogP contribution < -0.4 is 5.32 Å². The zero-order valence-electron chi connectivity index (χ0n) is 10.3. The lowest BCUT2D eigenvalue weighted by Gasteiger charge is -2.10. The molecular formula is C15H10Br2N2O. The van der Waals surface area contributed by atoms with E-state index in [2.05, 4.69) is 42.2 Å². The summed E-state index contributed by atoms with van der Waals surface area (Å²) in [4.78, 5) is 15.6. The Balaban J connectivity index is 2.00. The highest BCUT2D eigenvalue weighted by molar-refractivity contribution is 9.11. The van der Waals surface area contributed by atoms with Crippen molar-refractivity contribution in [3.8, 4) is 0 Å². The zero-order valence-corrected chi connectivity index (χ0v) is 13.5. The monoisotopic (exact) mass is 392 g/mol. The fourth-order valence-corrected chi connectivity index (χ4v) is 3.27. The number of hydrogen-bond donors (Lipinski definition) is 2. The number of aromatic amines is 1. The minimum Gasteiger partial charge on any atom is -0.361 e. The topological polar surface area (TPSA) is 44.9 Å². The van der Waals surface area contributed by atoms with E-state index < -0.39 is 0 Å². The molecule has 2 N–H and O–H groups in total. The number of benzene rings is 2. The second-order valence-corrected chi connectivity index (χ2v) is 6.01. The van der Waals surface area contributed by atoms with Gasteiger partial charge in [-0.25, -0.2) is 0 Å². The van der Waals surface area contributed by atoms with E-state index in [0.29, 0.717) is 5.56 Å². The highest BCUT2D eigenvalue weighted by Crippen LogP contribution is 2.31. The van der Waals surface area contributed by atoms with Gasteiger partial charge in [-0.2, -0.15) is 0 Å². The predicted molar refractivity (Wildman–Crippen MR) is 88.1 cm³/mol. The largest absolute Gasteiger partial charge is 0.361 e. The molecule has 3 rings (SSSR count). The van der Waals surface area contributed by atoms with Gasteiger partial charge in [0.2, 0.25) is 0 Å². The molecule has 100 valence electrons. The first-order valence-corrected chi connectivity index (χ1v) is 7.57. The zero-order chi connectivity index (χ0) is 14.1. The Morgan fingerprint density at radius 3 is 2.45 bits per heavy atom. The van der Waals surface area contributed by atoms with Crippen LogP contribution in [0.1, 0.15) is 10.4 Å². The summed E-state index contributed by atoms with van der Waals surface area (Å²) in [5, 5.41) is 3.94. The quantitative estimate of drug-likeness (QED) is 0.635. The number of halogens is 2. The van der Waals surface area contributed by atoms with Gasteiger partial charge in [0, 0.05) is 20.5 Å². The normalized spacial score (nSPS) is 10.7. The minimum absolute atomic E-state index is 0.148. The number of H-pyrrole nitrogens is 1. The highest BCUT2D eigenvalue weighted by atomic mass is 79.9. The third kappa shape index (κ3) is 2.39. The van der Waals surface area contributed by atoms with E-state index in [9.17, 15) is 4.79 Å². The maximum absolute atomic E-state index is 12.5. The van der Waals surface area contributed by atoms with E-state index in [1.165, 1.54) is 0 Å². The van der Waals surface area contributed by atoms with Gasteiger partial charge in [-0.05, 0) is 56.1 Å². The van der Waals surface area contributed by atoms with Gasteiger partial charge in [0.15, 0.2) is 0 Å². The first-order chi connectivity index (χ1) is 9.66. The summed E-state index contributed by atoms with van der Waals surface area (Å²) in [6.45, 7) is 0. The van der Waals surface area contributed by atoms with Crippen LogP contribution in [-0.4, -0.2) is 10.9 Å². The summed E-state index contributed by atoms with van der Waals surface area (Å²) in [5.74, 6) is -0.148. The molecular weight excluding hydrogens is 384 g/mol. The summed E-state index contributed by atoms with van der Waals surface area (Å²) < 4.78 is 1.66. The third-order valence-corrected chi connectivity index (χ3v) is 4.35. The number of rotatable bonds is 2. The van der Waals surface area contributed by atoms with Gasteiger partial charge in [0.05, 0.1) is 16.8 Å². The SMILES string of the molecule is O=C(Nc1c(Br)cccc1Br)c1cccc2cc[nH]c12. The molecule has 0 saturated heterocycles. The number of carbonyl (C=O) groups excluding carboxylic acids is 1. The smallest absolute Gasteiger partial charge is 0.257 e. The molecule has 0 spiro atoms. The number of aromatic nitrogens is 1. The first kappa shape index (κ1) is 13.4. The molecule has 3 aromatic rings.